The van der Waals surface area contributed by atoms with Crippen molar-refractivity contribution in [2.45, 2.75) is 11.8 Å². The molecule has 0 spiro atoms. The first-order valence-electron chi connectivity index (χ1n) is 4.44. The Morgan fingerprint density at radius 1 is 1.44 bits per heavy atom. The van der Waals surface area contributed by atoms with E-state index in [1.165, 1.54) is 6.92 Å². The van der Waals surface area contributed by atoms with Gasteiger partial charge in [0.2, 0.25) is 0 Å². The van der Waals surface area contributed by atoms with Crippen molar-refractivity contribution >= 4 is 9.84 Å². The molecule has 0 fully saturated rings. The number of nitrogens with zero attached hydrogens (tertiary/aromatic N) is 1. The predicted octanol–water partition coefficient (Wildman–Crippen LogP) is 1.90. The van der Waals surface area contributed by atoms with E-state index < -0.39 is 38.0 Å². The number of hydrogen-bond donors (Lipinski definition) is 0. The van der Waals surface area contributed by atoms with Crippen molar-refractivity contribution in [3.8, 4) is 6.07 Å². The lowest BCUT2D eigenvalue weighted by molar-refractivity contribution is 0.550. The highest BCUT2D eigenvalue weighted by Gasteiger charge is 2.22. The minimum absolute atomic E-state index is 0.524. The minimum atomic E-state index is -3.96. The van der Waals surface area contributed by atoms with Crippen LogP contribution in [0.2, 0.25) is 0 Å². The molecule has 0 saturated carbocycles. The molecule has 86 valence electrons. The van der Waals surface area contributed by atoms with Crippen LogP contribution in [0, 0.1) is 28.9 Å². The van der Waals surface area contributed by atoms with Gasteiger partial charge in [-0.15, -0.1) is 0 Å². The number of sulfone groups is 1. The summed E-state index contributed by atoms with van der Waals surface area (Å²) in [6, 6.07) is 3.93. The molecule has 0 aliphatic carbocycles. The van der Waals surface area contributed by atoms with Crippen LogP contribution in [0.15, 0.2) is 23.1 Å². The maximum absolute atomic E-state index is 13.2. The van der Waals surface area contributed by atoms with Gasteiger partial charge in [0, 0.05) is 0 Å². The molecule has 0 saturated heterocycles. The van der Waals surface area contributed by atoms with Crippen molar-refractivity contribution < 1.29 is 17.2 Å². The van der Waals surface area contributed by atoms with E-state index in [1.807, 2.05) is 0 Å². The van der Waals surface area contributed by atoms with E-state index >= 15 is 0 Å². The van der Waals surface area contributed by atoms with Gasteiger partial charge in [0.25, 0.3) is 0 Å². The first-order valence-corrected chi connectivity index (χ1v) is 6.09. The van der Waals surface area contributed by atoms with E-state index in [0.717, 1.165) is 12.1 Å². The predicted molar refractivity (Wildman–Crippen MR) is 53.2 cm³/mol. The third kappa shape index (κ3) is 2.76. The zero-order valence-electron chi connectivity index (χ0n) is 8.44. The third-order valence-electron chi connectivity index (χ3n) is 1.92. The average Bonchev–Trinajstić information content (AvgIpc) is 2.20. The average molecular weight is 245 g/mol. The largest absolute Gasteiger partial charge is 0.224 e. The molecule has 1 aromatic rings. The molecule has 0 bridgehead atoms. The molecule has 1 rings (SSSR count). The van der Waals surface area contributed by atoms with Crippen molar-refractivity contribution in [3.05, 3.63) is 29.8 Å². The van der Waals surface area contributed by atoms with Gasteiger partial charge in [0.05, 0.1) is 17.7 Å². The molecule has 3 nitrogen and oxygen atoms in total. The molecule has 6 heteroatoms. The Hall–Kier alpha value is -1.48. The zero-order chi connectivity index (χ0) is 12.3. The highest BCUT2D eigenvalue weighted by molar-refractivity contribution is 7.91. The summed E-state index contributed by atoms with van der Waals surface area (Å²) in [6.07, 6.45) is 0. The number of benzene rings is 1. The summed E-state index contributed by atoms with van der Waals surface area (Å²) in [4.78, 5) is -0.699. The van der Waals surface area contributed by atoms with E-state index in [9.17, 15) is 17.2 Å². The molecule has 1 aromatic carbocycles. The lowest BCUT2D eigenvalue weighted by Gasteiger charge is -2.06. The van der Waals surface area contributed by atoms with Gasteiger partial charge in [-0.2, -0.15) is 5.26 Å². The summed E-state index contributed by atoms with van der Waals surface area (Å²) in [5, 5.41) is 8.49. The van der Waals surface area contributed by atoms with Crippen molar-refractivity contribution in [1.82, 2.24) is 0 Å². The van der Waals surface area contributed by atoms with E-state index in [-0.39, 0.29) is 0 Å². The molecule has 1 atom stereocenters. The molecular weight excluding hydrogens is 236 g/mol. The lowest BCUT2D eigenvalue weighted by atomic mass is 10.3. The van der Waals surface area contributed by atoms with Gasteiger partial charge in [-0.1, -0.05) is 0 Å². The molecule has 0 amide bonds. The summed E-state index contributed by atoms with van der Waals surface area (Å²) in [7, 11) is -3.96. The van der Waals surface area contributed by atoms with E-state index in [4.69, 9.17) is 5.26 Å². The van der Waals surface area contributed by atoms with E-state index in [2.05, 4.69) is 0 Å². The number of rotatable bonds is 3. The summed E-state index contributed by atoms with van der Waals surface area (Å²) >= 11 is 0. The van der Waals surface area contributed by atoms with Crippen molar-refractivity contribution in [2.75, 3.05) is 5.75 Å². The maximum Gasteiger partial charge on any atom is 0.182 e. The first-order chi connectivity index (χ1) is 7.36. The fourth-order valence-electron chi connectivity index (χ4n) is 1.17. The molecule has 0 aliphatic heterocycles. The highest BCUT2D eigenvalue weighted by Crippen LogP contribution is 2.19. The minimum Gasteiger partial charge on any atom is -0.224 e. The summed E-state index contributed by atoms with van der Waals surface area (Å²) < 4.78 is 49.2. The van der Waals surface area contributed by atoms with Crippen molar-refractivity contribution in [2.24, 2.45) is 5.92 Å². The van der Waals surface area contributed by atoms with Crippen LogP contribution in [0.1, 0.15) is 6.92 Å². The molecule has 1 unspecified atom stereocenters. The van der Waals surface area contributed by atoms with Crippen LogP contribution < -0.4 is 0 Å². The van der Waals surface area contributed by atoms with Crippen LogP contribution in [-0.2, 0) is 9.84 Å². The van der Waals surface area contributed by atoms with Crippen LogP contribution in [0.3, 0.4) is 0 Å². The summed E-state index contributed by atoms with van der Waals surface area (Å²) in [6.45, 7) is 1.40. The Morgan fingerprint density at radius 2 is 2.06 bits per heavy atom. The number of halogens is 2. The molecule has 0 radical (unpaired) electrons. The Labute approximate surface area is 92.2 Å². The van der Waals surface area contributed by atoms with Gasteiger partial charge in [0.15, 0.2) is 9.84 Å². The van der Waals surface area contributed by atoms with E-state index in [0.29, 0.717) is 6.07 Å². The first kappa shape index (κ1) is 12.6. The topological polar surface area (TPSA) is 57.9 Å². The normalized spacial score (nSPS) is 13.1. The van der Waals surface area contributed by atoms with E-state index in [1.54, 1.807) is 6.07 Å². The van der Waals surface area contributed by atoms with Crippen LogP contribution in [0.25, 0.3) is 0 Å². The van der Waals surface area contributed by atoms with Crippen LogP contribution in [0.5, 0.6) is 0 Å². The van der Waals surface area contributed by atoms with Gasteiger partial charge in [-0.05, 0) is 25.1 Å². The molecule has 0 N–H and O–H groups in total. The smallest absolute Gasteiger partial charge is 0.182 e. The quantitative estimate of drug-likeness (QED) is 0.817. The Balaban J connectivity index is 3.18. The highest BCUT2D eigenvalue weighted by atomic mass is 32.2. The second-order valence-electron chi connectivity index (χ2n) is 3.39. The zero-order valence-corrected chi connectivity index (χ0v) is 9.26. The van der Waals surface area contributed by atoms with Crippen LogP contribution in [-0.4, -0.2) is 14.2 Å². The molecule has 0 aliphatic rings. The van der Waals surface area contributed by atoms with Gasteiger partial charge in [0.1, 0.15) is 16.5 Å². The van der Waals surface area contributed by atoms with Gasteiger partial charge >= 0.3 is 0 Å². The van der Waals surface area contributed by atoms with Crippen LogP contribution in [0.4, 0.5) is 8.78 Å². The third-order valence-corrected chi connectivity index (χ3v) is 3.84. The van der Waals surface area contributed by atoms with Crippen LogP contribution >= 0.6 is 0 Å². The van der Waals surface area contributed by atoms with Gasteiger partial charge < -0.3 is 0 Å². The summed E-state index contributed by atoms with van der Waals surface area (Å²) in [5.41, 5.74) is 0. The maximum atomic E-state index is 13.2. The standard InChI is InChI=1S/C10H9F2NO2S/c1-7(5-13)6-16(14,15)10-4-8(11)2-3-9(10)12/h2-4,7H,6H2,1H3. The number of hydrogen-bond acceptors (Lipinski definition) is 3. The fourth-order valence-corrected chi connectivity index (χ4v) is 2.74. The second-order valence-corrected chi connectivity index (χ2v) is 5.39. The monoisotopic (exact) mass is 245 g/mol. The molecule has 0 heterocycles. The van der Waals surface area contributed by atoms with Gasteiger partial charge in [-0.25, -0.2) is 17.2 Å². The molecule has 16 heavy (non-hydrogen) atoms. The fraction of sp³-hybridized carbons (Fsp3) is 0.300. The van der Waals surface area contributed by atoms with Crippen molar-refractivity contribution in [1.29, 1.82) is 5.26 Å². The second kappa shape index (κ2) is 4.58. The Bertz CT molecular complexity index is 534. The molecular formula is C10H9F2NO2S. The Morgan fingerprint density at radius 3 is 2.62 bits per heavy atom. The summed E-state index contributed by atoms with van der Waals surface area (Å²) in [5.74, 6) is -3.13. The number of nitriles is 1. The van der Waals surface area contributed by atoms with Crippen molar-refractivity contribution in [3.63, 3.8) is 0 Å². The SMILES string of the molecule is CC(C#N)CS(=O)(=O)c1cc(F)ccc1F. The lowest BCUT2D eigenvalue weighted by Crippen LogP contribution is -2.14. The Kier molecular flexibility index (Phi) is 3.60. The molecule has 0 aromatic heterocycles. The van der Waals surface area contributed by atoms with Gasteiger partial charge in [-0.3, -0.25) is 0 Å².